The van der Waals surface area contributed by atoms with Gasteiger partial charge in [-0.25, -0.2) is 4.39 Å². The maximum atomic E-state index is 13.6. The van der Waals surface area contributed by atoms with Gasteiger partial charge in [0, 0.05) is 17.4 Å². The zero-order chi connectivity index (χ0) is 19.1. The Morgan fingerprint density at radius 1 is 1.04 bits per heavy atom. The number of nitrogens with one attached hydrogen (secondary N) is 1. The minimum Gasteiger partial charge on any atom is -0.504 e. The minimum absolute atomic E-state index is 0.299. The fourth-order valence-corrected chi connectivity index (χ4v) is 3.05. The number of pyridine rings is 1. The van der Waals surface area contributed by atoms with Crippen LogP contribution in [0, 0.1) is 17.1 Å². The molecule has 0 fully saturated rings. The van der Waals surface area contributed by atoms with Crippen molar-refractivity contribution in [3.63, 3.8) is 0 Å². The number of nitrogens with zero attached hydrogens (tertiary/aromatic N) is 2. The second-order valence-corrected chi connectivity index (χ2v) is 5.92. The molecule has 0 amide bonds. The number of hydrogen-bond acceptors (Lipinski definition) is 4. The lowest BCUT2D eigenvalue weighted by Gasteiger charge is -2.10. The van der Waals surface area contributed by atoms with Crippen molar-refractivity contribution in [2.45, 2.75) is 0 Å². The van der Waals surface area contributed by atoms with Crippen LogP contribution in [0.2, 0.25) is 0 Å². The maximum absolute atomic E-state index is 13.6. The monoisotopic (exact) mass is 361 g/mol. The lowest BCUT2D eigenvalue weighted by molar-refractivity contribution is 0.434. The normalized spacial score (nSPS) is 10.8. The number of H-pyrrole nitrogens is 1. The smallest absolute Gasteiger partial charge is 0.270 e. The Balaban J connectivity index is 1.85. The molecule has 4 rings (SSSR count). The number of fused-ring (bicyclic) bond motifs is 1. The van der Waals surface area contributed by atoms with Crippen molar-refractivity contribution in [3.05, 3.63) is 76.5 Å². The molecule has 2 heterocycles. The number of aromatic amines is 1. The number of aromatic nitrogens is 2. The van der Waals surface area contributed by atoms with Crippen LogP contribution in [0.5, 0.6) is 11.5 Å². The van der Waals surface area contributed by atoms with Crippen LogP contribution in [0.25, 0.3) is 27.8 Å². The predicted octanol–water partition coefficient (Wildman–Crippen LogP) is 3.41. The summed E-state index contributed by atoms with van der Waals surface area (Å²) in [5.41, 5.74) is 1.30. The van der Waals surface area contributed by atoms with Gasteiger partial charge in [0.25, 0.3) is 5.56 Å². The third-order valence-electron chi connectivity index (χ3n) is 4.38. The summed E-state index contributed by atoms with van der Waals surface area (Å²) < 4.78 is 15.2. The number of aromatic hydroxyl groups is 2. The molecule has 0 radical (unpaired) electrons. The van der Waals surface area contributed by atoms with E-state index in [9.17, 15) is 19.4 Å². The summed E-state index contributed by atoms with van der Waals surface area (Å²) in [5, 5.41) is 29.3. The van der Waals surface area contributed by atoms with Gasteiger partial charge in [0.2, 0.25) is 0 Å². The number of phenolic OH excluding ortho intramolecular Hbond substituents is 1. The quantitative estimate of drug-likeness (QED) is 0.509. The van der Waals surface area contributed by atoms with E-state index < -0.39 is 22.9 Å². The number of hydrogen-bond donors (Lipinski definition) is 3. The number of rotatable bonds is 2. The van der Waals surface area contributed by atoms with Gasteiger partial charge < -0.3 is 19.8 Å². The van der Waals surface area contributed by atoms with Crippen molar-refractivity contribution < 1.29 is 14.6 Å². The SMILES string of the molecule is N#Cc1c(O)c2c(ccn2-c2ccc(-c3cccc(F)c3O)cc2)[nH]c1=O. The molecular formula is C20H12FN3O3. The molecule has 6 nitrogen and oxygen atoms in total. The molecule has 0 saturated carbocycles. The highest BCUT2D eigenvalue weighted by Gasteiger charge is 2.16. The molecule has 0 bridgehead atoms. The first kappa shape index (κ1) is 16.4. The van der Waals surface area contributed by atoms with Crippen LogP contribution in [0.3, 0.4) is 0 Å². The summed E-state index contributed by atoms with van der Waals surface area (Å²) in [5.74, 6) is -1.52. The maximum Gasteiger partial charge on any atom is 0.270 e. The van der Waals surface area contributed by atoms with E-state index >= 15 is 0 Å². The molecule has 0 spiro atoms. The summed E-state index contributed by atoms with van der Waals surface area (Å²) in [6, 6.07) is 14.4. The Labute approximate surface area is 152 Å². The highest BCUT2D eigenvalue weighted by Crippen LogP contribution is 2.33. The Bertz CT molecular complexity index is 1280. The Hall–Kier alpha value is -4.05. The average molecular weight is 361 g/mol. The minimum atomic E-state index is -0.703. The zero-order valence-electron chi connectivity index (χ0n) is 13.8. The summed E-state index contributed by atoms with van der Waals surface area (Å²) in [7, 11) is 0. The van der Waals surface area contributed by atoms with Crippen LogP contribution in [0.1, 0.15) is 5.56 Å². The van der Waals surface area contributed by atoms with Crippen molar-refractivity contribution >= 4 is 11.0 Å². The van der Waals surface area contributed by atoms with E-state index in [0.29, 0.717) is 27.8 Å². The van der Waals surface area contributed by atoms with E-state index in [0.717, 1.165) is 0 Å². The summed E-state index contributed by atoms with van der Waals surface area (Å²) >= 11 is 0. The molecule has 4 aromatic rings. The van der Waals surface area contributed by atoms with Crippen LogP contribution in [0.15, 0.2) is 59.5 Å². The third kappa shape index (κ3) is 2.51. The molecule has 0 saturated heterocycles. The Morgan fingerprint density at radius 3 is 2.48 bits per heavy atom. The van der Waals surface area contributed by atoms with Gasteiger partial charge >= 0.3 is 0 Å². The van der Waals surface area contributed by atoms with E-state index in [-0.39, 0.29) is 5.56 Å². The molecule has 0 aliphatic carbocycles. The number of para-hydroxylation sites is 1. The van der Waals surface area contributed by atoms with E-state index in [1.165, 1.54) is 12.1 Å². The van der Waals surface area contributed by atoms with Gasteiger partial charge in [0.15, 0.2) is 22.9 Å². The first-order chi connectivity index (χ1) is 13.0. The molecule has 0 aliphatic rings. The second kappa shape index (κ2) is 6.04. The fourth-order valence-electron chi connectivity index (χ4n) is 3.05. The molecule has 2 aromatic heterocycles. The number of phenols is 1. The van der Waals surface area contributed by atoms with Gasteiger partial charge in [-0.1, -0.05) is 24.3 Å². The highest BCUT2D eigenvalue weighted by atomic mass is 19.1. The zero-order valence-corrected chi connectivity index (χ0v) is 13.8. The first-order valence-corrected chi connectivity index (χ1v) is 7.96. The van der Waals surface area contributed by atoms with E-state index in [4.69, 9.17) is 5.26 Å². The number of nitriles is 1. The van der Waals surface area contributed by atoms with Crippen LogP contribution in [0.4, 0.5) is 4.39 Å². The standard InChI is InChI=1S/C20H12FN3O3/c21-15-3-1-2-13(18(15)25)11-4-6-12(7-5-11)24-9-8-16-17(24)19(26)14(10-22)20(27)23-16/h1-9,25H,(H2,23,26,27). The van der Waals surface area contributed by atoms with Gasteiger partial charge in [0.05, 0.1) is 5.52 Å². The fraction of sp³-hybridized carbons (Fsp3) is 0. The predicted molar refractivity (Wildman–Crippen MR) is 97.3 cm³/mol. The lowest BCUT2D eigenvalue weighted by atomic mass is 10.0. The molecule has 132 valence electrons. The van der Waals surface area contributed by atoms with Gasteiger partial charge in [-0.3, -0.25) is 4.79 Å². The molecule has 0 unspecified atom stereocenters. The topological polar surface area (TPSA) is 102 Å². The van der Waals surface area contributed by atoms with Crippen LogP contribution in [-0.2, 0) is 0 Å². The molecule has 7 heteroatoms. The summed E-state index contributed by atoms with van der Waals surface area (Å²) in [4.78, 5) is 14.3. The molecule has 27 heavy (non-hydrogen) atoms. The number of halogens is 1. The van der Waals surface area contributed by atoms with Gasteiger partial charge in [0.1, 0.15) is 11.6 Å². The van der Waals surface area contributed by atoms with Crippen molar-refractivity contribution in [3.8, 4) is 34.4 Å². The van der Waals surface area contributed by atoms with Crippen molar-refractivity contribution in [1.29, 1.82) is 5.26 Å². The average Bonchev–Trinajstić information content (AvgIpc) is 3.08. The van der Waals surface area contributed by atoms with Crippen LogP contribution < -0.4 is 5.56 Å². The molecule has 0 atom stereocenters. The van der Waals surface area contributed by atoms with Gasteiger partial charge in [-0.2, -0.15) is 5.26 Å². The molecular weight excluding hydrogens is 349 g/mol. The number of benzene rings is 2. The van der Waals surface area contributed by atoms with E-state index in [2.05, 4.69) is 4.98 Å². The van der Waals surface area contributed by atoms with E-state index in [1.807, 2.05) is 0 Å². The van der Waals surface area contributed by atoms with E-state index in [1.54, 1.807) is 53.2 Å². The molecule has 2 aromatic carbocycles. The highest BCUT2D eigenvalue weighted by molar-refractivity contribution is 5.86. The summed E-state index contributed by atoms with van der Waals surface area (Å²) in [6.45, 7) is 0. The first-order valence-electron chi connectivity index (χ1n) is 7.96. The van der Waals surface area contributed by atoms with Gasteiger partial charge in [-0.15, -0.1) is 0 Å². The second-order valence-electron chi connectivity index (χ2n) is 5.92. The van der Waals surface area contributed by atoms with Crippen molar-refractivity contribution in [1.82, 2.24) is 9.55 Å². The van der Waals surface area contributed by atoms with Gasteiger partial charge in [-0.05, 0) is 29.8 Å². The Kier molecular flexibility index (Phi) is 3.67. The van der Waals surface area contributed by atoms with Crippen molar-refractivity contribution in [2.24, 2.45) is 0 Å². The van der Waals surface area contributed by atoms with Crippen LogP contribution >= 0.6 is 0 Å². The lowest BCUT2D eigenvalue weighted by Crippen LogP contribution is -2.10. The Morgan fingerprint density at radius 2 is 1.78 bits per heavy atom. The molecule has 0 aliphatic heterocycles. The van der Waals surface area contributed by atoms with Crippen molar-refractivity contribution in [2.75, 3.05) is 0 Å². The third-order valence-corrected chi connectivity index (χ3v) is 4.38. The molecule has 3 N–H and O–H groups in total. The van der Waals surface area contributed by atoms with Crippen LogP contribution in [-0.4, -0.2) is 19.8 Å². The summed E-state index contributed by atoms with van der Waals surface area (Å²) in [6.07, 6.45) is 1.65. The largest absolute Gasteiger partial charge is 0.504 e.